The Labute approximate surface area is 175 Å². The first-order valence-corrected chi connectivity index (χ1v) is 12.1. The van der Waals surface area contributed by atoms with Gasteiger partial charge in [-0.1, -0.05) is 45.9 Å². The van der Waals surface area contributed by atoms with Crippen LogP contribution in [0.25, 0.3) is 0 Å². The number of hydrogen-bond acceptors (Lipinski definition) is 4. The molecule has 146 valence electrons. The maximum absolute atomic E-state index is 13.0. The number of thioether (sulfide) groups is 1. The summed E-state index contributed by atoms with van der Waals surface area (Å²) >= 11 is 4.77. The summed E-state index contributed by atoms with van der Waals surface area (Å²) < 4.78 is 38.1. The van der Waals surface area contributed by atoms with Gasteiger partial charge in [-0.15, -0.1) is 0 Å². The van der Waals surface area contributed by atoms with Crippen LogP contribution in [-0.2, 0) is 21.1 Å². The lowest BCUT2D eigenvalue weighted by molar-refractivity contribution is -0.117. The van der Waals surface area contributed by atoms with Gasteiger partial charge in [0, 0.05) is 15.4 Å². The predicted octanol–water partition coefficient (Wildman–Crippen LogP) is 3.43. The van der Waals surface area contributed by atoms with Gasteiger partial charge < -0.3 is 4.90 Å². The summed E-state index contributed by atoms with van der Waals surface area (Å²) in [4.78, 5) is 18.6. The maximum atomic E-state index is 13.0. The Morgan fingerprint density at radius 2 is 1.96 bits per heavy atom. The normalized spacial score (nSPS) is 24.5. The summed E-state index contributed by atoms with van der Waals surface area (Å²) in [5.74, 6) is -0.582. The van der Waals surface area contributed by atoms with Crippen molar-refractivity contribution < 1.29 is 17.6 Å². The SMILES string of the molecule is O=C(Cc1ccc(F)cc1)N=C1S[C@@H]2CS(=O)(=O)C[C@H]2N1c1cccc(Br)c1. The van der Waals surface area contributed by atoms with Gasteiger partial charge in [-0.3, -0.25) is 4.79 Å². The van der Waals surface area contributed by atoms with Crippen LogP contribution in [0.4, 0.5) is 10.1 Å². The van der Waals surface area contributed by atoms with Crippen LogP contribution < -0.4 is 4.90 Å². The Hall–Kier alpha value is -1.71. The van der Waals surface area contributed by atoms with Gasteiger partial charge in [-0.05, 0) is 35.9 Å². The molecule has 2 atom stereocenters. The second-order valence-electron chi connectivity index (χ2n) is 6.74. The van der Waals surface area contributed by atoms with Crippen LogP contribution in [0, 0.1) is 5.82 Å². The summed E-state index contributed by atoms with van der Waals surface area (Å²) in [6.07, 6.45) is 0.0598. The number of aliphatic imine (C=N–C) groups is 1. The van der Waals surface area contributed by atoms with E-state index in [-0.39, 0.29) is 40.9 Å². The molecule has 4 rings (SSSR count). The number of amides is 1. The molecule has 0 N–H and O–H groups in total. The van der Waals surface area contributed by atoms with Crippen LogP contribution in [0.15, 0.2) is 58.0 Å². The largest absolute Gasteiger partial charge is 0.316 e. The summed E-state index contributed by atoms with van der Waals surface area (Å²) in [6.45, 7) is 0. The van der Waals surface area contributed by atoms with E-state index in [2.05, 4.69) is 20.9 Å². The lowest BCUT2D eigenvalue weighted by Gasteiger charge is -2.24. The molecule has 5 nitrogen and oxygen atoms in total. The molecule has 0 unspecified atom stereocenters. The number of anilines is 1. The number of amidine groups is 1. The molecule has 2 aromatic carbocycles. The van der Waals surface area contributed by atoms with Gasteiger partial charge in [0.15, 0.2) is 15.0 Å². The molecule has 2 aliphatic heterocycles. The average Bonchev–Trinajstić information content (AvgIpc) is 3.07. The van der Waals surface area contributed by atoms with Crippen LogP contribution in [0.1, 0.15) is 5.56 Å². The first-order chi connectivity index (χ1) is 13.3. The maximum Gasteiger partial charge on any atom is 0.252 e. The molecule has 0 aliphatic carbocycles. The van der Waals surface area contributed by atoms with E-state index in [0.717, 1.165) is 10.2 Å². The van der Waals surface area contributed by atoms with Crippen molar-refractivity contribution in [3.05, 3.63) is 64.4 Å². The molecule has 2 heterocycles. The van der Waals surface area contributed by atoms with Crippen molar-refractivity contribution in [3.63, 3.8) is 0 Å². The molecule has 28 heavy (non-hydrogen) atoms. The number of fused-ring (bicyclic) bond motifs is 1. The summed E-state index contributed by atoms with van der Waals surface area (Å²) in [5, 5.41) is 0.358. The van der Waals surface area contributed by atoms with Gasteiger partial charge in [0.25, 0.3) is 5.91 Å². The van der Waals surface area contributed by atoms with Crippen LogP contribution in [0.2, 0.25) is 0 Å². The highest BCUT2D eigenvalue weighted by Crippen LogP contribution is 2.41. The van der Waals surface area contributed by atoms with E-state index in [1.54, 1.807) is 12.1 Å². The Balaban J connectivity index is 1.63. The van der Waals surface area contributed by atoms with Gasteiger partial charge in [-0.25, -0.2) is 12.8 Å². The third kappa shape index (κ3) is 4.16. The number of sulfone groups is 1. The highest BCUT2D eigenvalue weighted by Gasteiger charge is 2.49. The number of benzene rings is 2. The van der Waals surface area contributed by atoms with Crippen LogP contribution in [0.5, 0.6) is 0 Å². The lowest BCUT2D eigenvalue weighted by Crippen LogP contribution is -2.37. The molecule has 0 bridgehead atoms. The zero-order chi connectivity index (χ0) is 19.9. The molecule has 0 spiro atoms. The molecule has 1 amide bonds. The lowest BCUT2D eigenvalue weighted by atomic mass is 10.1. The number of nitrogens with zero attached hydrogens (tertiary/aromatic N) is 2. The molecule has 2 aromatic rings. The van der Waals surface area contributed by atoms with Crippen molar-refractivity contribution in [3.8, 4) is 0 Å². The monoisotopic (exact) mass is 482 g/mol. The quantitative estimate of drug-likeness (QED) is 0.670. The third-order valence-electron chi connectivity index (χ3n) is 4.64. The minimum Gasteiger partial charge on any atom is -0.316 e. The van der Waals surface area contributed by atoms with Crippen molar-refractivity contribution in [2.75, 3.05) is 16.4 Å². The van der Waals surface area contributed by atoms with Crippen LogP contribution in [0.3, 0.4) is 0 Å². The Morgan fingerprint density at radius 3 is 2.68 bits per heavy atom. The second-order valence-corrected chi connectivity index (χ2v) is 11.0. The van der Waals surface area contributed by atoms with E-state index in [0.29, 0.717) is 10.7 Å². The van der Waals surface area contributed by atoms with E-state index in [1.165, 1.54) is 23.9 Å². The van der Waals surface area contributed by atoms with Gasteiger partial charge in [0.2, 0.25) is 0 Å². The van der Waals surface area contributed by atoms with Crippen molar-refractivity contribution in [2.24, 2.45) is 4.99 Å². The summed E-state index contributed by atoms with van der Waals surface area (Å²) in [6, 6.07) is 13.0. The standard InChI is InChI=1S/C19H16BrFN2O3S2/c20-13-2-1-3-15(9-13)23-16-10-28(25,26)11-17(16)27-19(23)22-18(24)8-12-4-6-14(21)7-5-12/h1-7,9,16-17H,8,10-11H2/t16-,17-/m1/s1. The van der Waals surface area contributed by atoms with E-state index in [4.69, 9.17) is 0 Å². The van der Waals surface area contributed by atoms with Crippen molar-refractivity contribution >= 4 is 54.3 Å². The fourth-order valence-corrected chi connectivity index (χ4v) is 7.73. The number of hydrogen-bond donors (Lipinski definition) is 0. The highest BCUT2D eigenvalue weighted by molar-refractivity contribution is 9.10. The first-order valence-electron chi connectivity index (χ1n) is 8.58. The van der Waals surface area contributed by atoms with Crippen molar-refractivity contribution in [1.29, 1.82) is 0 Å². The fourth-order valence-electron chi connectivity index (χ4n) is 3.42. The highest BCUT2D eigenvalue weighted by atomic mass is 79.9. The second kappa shape index (κ2) is 7.61. The number of rotatable bonds is 3. The smallest absolute Gasteiger partial charge is 0.252 e. The third-order valence-corrected chi connectivity index (χ3v) is 8.34. The molecular formula is C19H16BrFN2O3S2. The summed E-state index contributed by atoms with van der Waals surface area (Å²) in [5.41, 5.74) is 1.47. The molecule has 9 heteroatoms. The minimum atomic E-state index is -3.11. The molecule has 2 aliphatic rings. The van der Waals surface area contributed by atoms with Crippen LogP contribution >= 0.6 is 27.7 Å². The predicted molar refractivity (Wildman–Crippen MR) is 113 cm³/mol. The van der Waals surface area contributed by atoms with Crippen molar-refractivity contribution in [2.45, 2.75) is 17.7 Å². The average molecular weight is 483 g/mol. The Morgan fingerprint density at radius 1 is 1.21 bits per heavy atom. The van der Waals surface area contributed by atoms with Gasteiger partial charge >= 0.3 is 0 Å². The van der Waals surface area contributed by atoms with E-state index < -0.39 is 9.84 Å². The van der Waals surface area contributed by atoms with E-state index in [9.17, 15) is 17.6 Å². The molecule has 2 fully saturated rings. The Bertz CT molecular complexity index is 1060. The van der Waals surface area contributed by atoms with E-state index in [1.807, 2.05) is 29.2 Å². The Kier molecular flexibility index (Phi) is 5.32. The topological polar surface area (TPSA) is 66.8 Å². The summed E-state index contributed by atoms with van der Waals surface area (Å²) in [7, 11) is -3.11. The molecule has 0 aromatic heterocycles. The molecule has 0 radical (unpaired) electrons. The molecule has 2 saturated heterocycles. The zero-order valence-corrected chi connectivity index (χ0v) is 17.8. The number of halogens is 2. The van der Waals surface area contributed by atoms with Gasteiger partial charge in [0.1, 0.15) is 5.82 Å². The minimum absolute atomic E-state index is 0.0440. The first kappa shape index (κ1) is 19.6. The van der Waals surface area contributed by atoms with E-state index >= 15 is 0 Å². The zero-order valence-electron chi connectivity index (χ0n) is 14.6. The van der Waals surface area contributed by atoms with Crippen LogP contribution in [-0.4, -0.2) is 42.3 Å². The number of carbonyl (C=O) groups excluding carboxylic acids is 1. The van der Waals surface area contributed by atoms with Gasteiger partial charge in [-0.2, -0.15) is 4.99 Å². The molecule has 0 saturated carbocycles. The van der Waals surface area contributed by atoms with Crippen molar-refractivity contribution in [1.82, 2.24) is 0 Å². The van der Waals surface area contributed by atoms with Gasteiger partial charge in [0.05, 0.1) is 24.0 Å². The fraction of sp³-hybridized carbons (Fsp3) is 0.263. The molecular weight excluding hydrogens is 467 g/mol. The number of carbonyl (C=O) groups is 1.